The highest BCUT2D eigenvalue weighted by Crippen LogP contribution is 2.24. The van der Waals surface area contributed by atoms with Crippen LogP contribution in [0.3, 0.4) is 0 Å². The van der Waals surface area contributed by atoms with Crippen molar-refractivity contribution >= 4 is 5.91 Å². The molecule has 1 amide bonds. The highest BCUT2D eigenvalue weighted by molar-refractivity contribution is 5.76. The van der Waals surface area contributed by atoms with Gasteiger partial charge in [-0.25, -0.2) is 0 Å². The molecule has 1 aromatic heterocycles. The zero-order valence-corrected chi connectivity index (χ0v) is 18.1. The van der Waals surface area contributed by atoms with Gasteiger partial charge in [-0.15, -0.1) is 0 Å². The van der Waals surface area contributed by atoms with Gasteiger partial charge >= 0.3 is 0 Å². The molecule has 160 valence electrons. The third kappa shape index (κ3) is 5.16. The molecular weight excluding hydrogens is 382 g/mol. The van der Waals surface area contributed by atoms with E-state index < -0.39 is 0 Å². The first kappa shape index (κ1) is 21.8. The Bertz CT molecular complexity index is 887. The van der Waals surface area contributed by atoms with Gasteiger partial charge in [0.25, 0.3) is 0 Å². The van der Waals surface area contributed by atoms with Crippen LogP contribution in [-0.2, 0) is 16.6 Å². The minimum absolute atomic E-state index is 0.0723. The number of aromatic nitrogens is 2. The van der Waals surface area contributed by atoms with Gasteiger partial charge in [-0.05, 0) is 17.7 Å². The van der Waals surface area contributed by atoms with Gasteiger partial charge in [0.2, 0.25) is 11.8 Å². The van der Waals surface area contributed by atoms with Gasteiger partial charge in [-0.2, -0.15) is 10.2 Å². The summed E-state index contributed by atoms with van der Waals surface area (Å²) in [6.45, 7) is 8.58. The maximum atomic E-state index is 12.6. The fraction of sp³-hybridized carbons (Fsp3) is 0.545. The summed E-state index contributed by atoms with van der Waals surface area (Å²) in [6, 6.07) is 9.61. The van der Waals surface area contributed by atoms with Crippen LogP contribution < -0.4 is 4.74 Å². The standard InChI is InChI=1S/C22H29N5O3/c1-22(2,3)21-24-19(30-25-21)9-10-20(28)27-13-11-26(12-14-27)18(15-23)16-5-7-17(29-4)8-6-16/h5-8,18H,9-14H2,1-4H3. The predicted molar refractivity (Wildman–Crippen MR) is 111 cm³/mol. The molecule has 1 unspecified atom stereocenters. The molecule has 1 saturated heterocycles. The van der Waals surface area contributed by atoms with Crippen LogP contribution in [0.2, 0.25) is 0 Å². The van der Waals surface area contributed by atoms with E-state index in [1.54, 1.807) is 7.11 Å². The van der Waals surface area contributed by atoms with Crippen LogP contribution in [0.5, 0.6) is 5.75 Å². The summed E-state index contributed by atoms with van der Waals surface area (Å²) in [5.41, 5.74) is 0.757. The first-order chi connectivity index (χ1) is 14.3. The first-order valence-electron chi connectivity index (χ1n) is 10.2. The van der Waals surface area contributed by atoms with Crippen molar-refractivity contribution in [1.82, 2.24) is 19.9 Å². The number of piperazine rings is 1. The molecule has 2 heterocycles. The van der Waals surface area contributed by atoms with Crippen molar-refractivity contribution < 1.29 is 14.1 Å². The van der Waals surface area contributed by atoms with Gasteiger partial charge in [0.05, 0.1) is 13.2 Å². The van der Waals surface area contributed by atoms with Crippen LogP contribution in [-0.4, -0.2) is 59.1 Å². The van der Waals surface area contributed by atoms with Crippen LogP contribution in [0, 0.1) is 11.3 Å². The SMILES string of the molecule is COc1ccc(C(C#N)N2CCN(C(=O)CCc3nc(C(C)(C)C)no3)CC2)cc1. The lowest BCUT2D eigenvalue weighted by Crippen LogP contribution is -2.49. The van der Waals surface area contributed by atoms with E-state index in [1.807, 2.05) is 49.9 Å². The Labute approximate surface area is 177 Å². The topological polar surface area (TPSA) is 95.5 Å². The van der Waals surface area contributed by atoms with Crippen molar-refractivity contribution in [1.29, 1.82) is 5.26 Å². The molecule has 0 bridgehead atoms. The monoisotopic (exact) mass is 411 g/mol. The molecule has 1 fully saturated rings. The fourth-order valence-corrected chi connectivity index (χ4v) is 3.42. The van der Waals surface area contributed by atoms with Crippen molar-refractivity contribution in [2.45, 2.75) is 45.1 Å². The van der Waals surface area contributed by atoms with Gasteiger partial charge in [0, 0.05) is 44.4 Å². The summed E-state index contributed by atoms with van der Waals surface area (Å²) >= 11 is 0. The number of hydrogen-bond donors (Lipinski definition) is 0. The van der Waals surface area contributed by atoms with Gasteiger partial charge in [-0.3, -0.25) is 9.69 Å². The quantitative estimate of drug-likeness (QED) is 0.721. The molecule has 30 heavy (non-hydrogen) atoms. The van der Waals surface area contributed by atoms with E-state index in [9.17, 15) is 10.1 Å². The molecule has 1 aromatic carbocycles. The predicted octanol–water partition coefficient (Wildman–Crippen LogP) is 2.72. The maximum absolute atomic E-state index is 12.6. The number of carbonyl (C=O) groups is 1. The number of methoxy groups -OCH3 is 1. The van der Waals surface area contributed by atoms with Crippen molar-refractivity contribution in [3.8, 4) is 11.8 Å². The molecule has 1 aliphatic rings. The highest BCUT2D eigenvalue weighted by Gasteiger charge is 2.27. The molecule has 8 nitrogen and oxygen atoms in total. The summed E-state index contributed by atoms with van der Waals surface area (Å²) < 4.78 is 10.5. The van der Waals surface area contributed by atoms with Crippen LogP contribution in [0.1, 0.15) is 50.5 Å². The second-order valence-electron chi connectivity index (χ2n) is 8.48. The lowest BCUT2D eigenvalue weighted by atomic mass is 9.96. The summed E-state index contributed by atoms with van der Waals surface area (Å²) in [5, 5.41) is 13.7. The van der Waals surface area contributed by atoms with Gasteiger partial charge < -0.3 is 14.2 Å². The number of benzene rings is 1. The fourth-order valence-electron chi connectivity index (χ4n) is 3.42. The molecule has 1 atom stereocenters. The molecule has 8 heteroatoms. The molecule has 0 spiro atoms. The van der Waals surface area contributed by atoms with Gasteiger partial charge in [0.1, 0.15) is 11.8 Å². The molecule has 1 aliphatic heterocycles. The minimum Gasteiger partial charge on any atom is -0.497 e. The number of aryl methyl sites for hydroxylation is 1. The first-order valence-corrected chi connectivity index (χ1v) is 10.2. The Morgan fingerprint density at radius 2 is 1.90 bits per heavy atom. The van der Waals surface area contributed by atoms with E-state index in [1.165, 1.54) is 0 Å². The number of rotatable bonds is 6. The largest absolute Gasteiger partial charge is 0.497 e. The van der Waals surface area contributed by atoms with Gasteiger partial charge in [0.15, 0.2) is 5.82 Å². The Morgan fingerprint density at radius 1 is 1.23 bits per heavy atom. The number of nitriles is 1. The van der Waals surface area contributed by atoms with E-state index in [-0.39, 0.29) is 17.4 Å². The molecule has 0 saturated carbocycles. The molecule has 0 radical (unpaired) electrons. The van der Waals surface area contributed by atoms with E-state index in [0.717, 1.165) is 11.3 Å². The summed E-state index contributed by atoms with van der Waals surface area (Å²) in [4.78, 5) is 20.9. The highest BCUT2D eigenvalue weighted by atomic mass is 16.5. The second-order valence-corrected chi connectivity index (χ2v) is 8.48. The lowest BCUT2D eigenvalue weighted by Gasteiger charge is -2.37. The smallest absolute Gasteiger partial charge is 0.227 e. The number of nitrogens with zero attached hydrogens (tertiary/aromatic N) is 5. The molecule has 2 aromatic rings. The lowest BCUT2D eigenvalue weighted by molar-refractivity contribution is -0.133. The number of amides is 1. The van der Waals surface area contributed by atoms with E-state index in [4.69, 9.17) is 9.26 Å². The van der Waals surface area contributed by atoms with Crippen molar-refractivity contribution in [3.63, 3.8) is 0 Å². The molecule has 0 N–H and O–H groups in total. The number of carbonyl (C=O) groups excluding carboxylic acids is 1. The molecular formula is C22H29N5O3. The maximum Gasteiger partial charge on any atom is 0.227 e. The Kier molecular flexibility index (Phi) is 6.73. The van der Waals surface area contributed by atoms with Gasteiger partial charge in [-0.1, -0.05) is 38.1 Å². The van der Waals surface area contributed by atoms with Crippen LogP contribution >= 0.6 is 0 Å². The Balaban J connectivity index is 1.51. The Hall–Kier alpha value is -2.92. The van der Waals surface area contributed by atoms with Crippen molar-refractivity contribution in [2.24, 2.45) is 0 Å². The molecule has 0 aliphatic carbocycles. The third-order valence-electron chi connectivity index (χ3n) is 5.28. The van der Waals surface area contributed by atoms with E-state index in [0.29, 0.717) is 50.7 Å². The van der Waals surface area contributed by atoms with Crippen LogP contribution in [0.25, 0.3) is 0 Å². The second kappa shape index (κ2) is 9.26. The number of hydrogen-bond acceptors (Lipinski definition) is 7. The average molecular weight is 412 g/mol. The van der Waals surface area contributed by atoms with Crippen LogP contribution in [0.15, 0.2) is 28.8 Å². The van der Waals surface area contributed by atoms with Crippen LogP contribution in [0.4, 0.5) is 0 Å². The Morgan fingerprint density at radius 3 is 2.43 bits per heavy atom. The average Bonchev–Trinajstić information content (AvgIpc) is 3.23. The van der Waals surface area contributed by atoms with E-state index in [2.05, 4.69) is 21.1 Å². The van der Waals surface area contributed by atoms with Crippen molar-refractivity contribution in [3.05, 3.63) is 41.5 Å². The van der Waals surface area contributed by atoms with Crippen molar-refractivity contribution in [2.75, 3.05) is 33.3 Å². The van der Waals surface area contributed by atoms with E-state index >= 15 is 0 Å². The zero-order chi connectivity index (χ0) is 21.7. The zero-order valence-electron chi connectivity index (χ0n) is 18.1. The summed E-state index contributed by atoms with van der Waals surface area (Å²) in [7, 11) is 1.62. The molecule has 3 rings (SSSR count). The number of ether oxygens (including phenoxy) is 1. The minimum atomic E-state index is -0.331. The summed E-state index contributed by atoms with van der Waals surface area (Å²) in [5.74, 6) is 1.99. The normalized spacial score (nSPS) is 16.2. The summed E-state index contributed by atoms with van der Waals surface area (Å²) in [6.07, 6.45) is 0.779. The third-order valence-corrected chi connectivity index (χ3v) is 5.28.